The fourth-order valence-corrected chi connectivity index (χ4v) is 15.3. The summed E-state index contributed by atoms with van der Waals surface area (Å²) in [5, 5.41) is 0.422. The lowest BCUT2D eigenvalue weighted by Crippen LogP contribution is -2.85. The van der Waals surface area contributed by atoms with Crippen LogP contribution in [0, 0.1) is 21.7 Å². The predicted octanol–water partition coefficient (Wildman–Crippen LogP) is 10.1. The molecule has 5 heteroatoms. The second kappa shape index (κ2) is 9.13. The van der Waals surface area contributed by atoms with Gasteiger partial charge in [-0.25, -0.2) is 0 Å². The van der Waals surface area contributed by atoms with Crippen molar-refractivity contribution in [3.8, 4) is 0 Å². The molecule has 0 aromatic carbocycles. The molecule has 3 nitrogen and oxygen atoms in total. The smallest absolute Gasteiger partial charge is 0.172 e. The Labute approximate surface area is 251 Å². The number of allylic oxidation sites excluding steroid dienone is 4. The summed E-state index contributed by atoms with van der Waals surface area (Å²) in [5.74, 6) is -1.26. The Balaban J connectivity index is 2.09. The largest absolute Gasteiger partial charge is 0.343 e. The van der Waals surface area contributed by atoms with Crippen LogP contribution < -0.4 is 0 Å². The molecular formula is C35H62O3P2. The molecule has 0 saturated carbocycles. The van der Waals surface area contributed by atoms with Crippen molar-refractivity contribution >= 4 is 17.2 Å². The molecule has 6 unspecified atom stereocenters. The molecule has 0 amide bonds. The van der Waals surface area contributed by atoms with Crippen molar-refractivity contribution in [2.24, 2.45) is 21.7 Å². The van der Waals surface area contributed by atoms with E-state index in [4.69, 9.17) is 14.2 Å². The quantitative estimate of drug-likeness (QED) is 0.304. The molecular weight excluding hydrogens is 530 g/mol. The summed E-state index contributed by atoms with van der Waals surface area (Å²) in [4.78, 5) is 0. The van der Waals surface area contributed by atoms with E-state index in [2.05, 4.69) is 132 Å². The number of hydrogen-bond donors (Lipinski definition) is 0. The van der Waals surface area contributed by atoms with Gasteiger partial charge in [0, 0.05) is 23.7 Å². The normalized spacial score (nSPS) is 42.4. The molecule has 40 heavy (non-hydrogen) atoms. The van der Waals surface area contributed by atoms with Gasteiger partial charge in [0.1, 0.15) is 0 Å². The summed E-state index contributed by atoms with van der Waals surface area (Å²) < 4.78 is 21.0. The minimum atomic E-state index is -0.629. The van der Waals surface area contributed by atoms with Crippen LogP contribution in [0.2, 0.25) is 0 Å². The van der Waals surface area contributed by atoms with E-state index in [0.29, 0.717) is 0 Å². The minimum absolute atomic E-state index is 0.0234. The van der Waals surface area contributed by atoms with Crippen LogP contribution in [0.25, 0.3) is 0 Å². The summed E-state index contributed by atoms with van der Waals surface area (Å²) in [5.41, 5.74) is 1.93. The maximum absolute atomic E-state index is 7.22. The van der Waals surface area contributed by atoms with E-state index in [1.54, 1.807) is 0 Å². The standard InChI is InChI=1S/C35H62O3P2/c1-26(2,3)24-17-18-34(19-25(24)27(4,5)6,23-40(28(7,8)9)29(10,11)12)35(22-39)30(13)20-32(15)37-31(35,14)21-33(16,36-30)38-32/h17,19H,18,20-23,39H2,1-16H3. The van der Waals surface area contributed by atoms with E-state index >= 15 is 0 Å². The molecule has 4 aliphatic heterocycles. The van der Waals surface area contributed by atoms with Gasteiger partial charge in [0.15, 0.2) is 11.6 Å². The third-order valence-electron chi connectivity index (χ3n) is 10.6. The average molecular weight is 593 g/mol. The van der Waals surface area contributed by atoms with Crippen LogP contribution in [0.1, 0.15) is 130 Å². The highest BCUT2D eigenvalue weighted by Crippen LogP contribution is 2.77. The van der Waals surface area contributed by atoms with Gasteiger partial charge in [-0.2, -0.15) is 0 Å². The zero-order valence-corrected chi connectivity index (χ0v) is 31.0. The molecule has 1 aliphatic carbocycles. The van der Waals surface area contributed by atoms with Crippen molar-refractivity contribution < 1.29 is 14.2 Å². The Bertz CT molecular complexity index is 1030. The first kappa shape index (κ1) is 33.1. The fourth-order valence-electron chi connectivity index (χ4n) is 10.1. The first-order valence-corrected chi connectivity index (χ1v) is 18.0. The fraction of sp³-hybridized carbons (Fsp3) is 0.886. The molecule has 4 saturated heterocycles. The van der Waals surface area contributed by atoms with Crippen LogP contribution >= 0.6 is 17.2 Å². The Kier molecular flexibility index (Phi) is 7.56. The number of rotatable bonds is 4. The first-order valence-electron chi connectivity index (χ1n) is 15.6. The molecule has 0 aromatic rings. The van der Waals surface area contributed by atoms with Gasteiger partial charge in [0.05, 0.1) is 11.2 Å². The molecule has 230 valence electrons. The maximum atomic E-state index is 7.22. The molecule has 6 atom stereocenters. The van der Waals surface area contributed by atoms with Crippen molar-refractivity contribution in [2.45, 2.75) is 163 Å². The Morgan fingerprint density at radius 1 is 0.700 bits per heavy atom. The van der Waals surface area contributed by atoms with Gasteiger partial charge in [0.25, 0.3) is 0 Å². The third-order valence-corrected chi connectivity index (χ3v) is 15.4. The van der Waals surface area contributed by atoms with E-state index in [-0.39, 0.29) is 39.9 Å². The number of ether oxygens (including phenoxy) is 3. The second-order valence-electron chi connectivity index (χ2n) is 18.5. The molecule has 0 spiro atoms. The van der Waals surface area contributed by atoms with Gasteiger partial charge in [-0.3, -0.25) is 0 Å². The van der Waals surface area contributed by atoms with Gasteiger partial charge in [-0.15, -0.1) is 9.24 Å². The topological polar surface area (TPSA) is 27.7 Å². The SMILES string of the molecule is CC12CC3(C)OC(C)(CC(C)(O1)C3(CP)C1(CP(C(C)(C)C)C(C)(C)C)C=C(C(C)(C)C)C(C(C)(C)C)=CC1)O2. The molecule has 4 bridgehead atoms. The monoisotopic (exact) mass is 592 g/mol. The molecule has 4 heterocycles. The lowest BCUT2D eigenvalue weighted by Gasteiger charge is -2.78. The lowest BCUT2D eigenvalue weighted by atomic mass is 9.43. The van der Waals surface area contributed by atoms with Crippen molar-refractivity contribution in [3.63, 3.8) is 0 Å². The van der Waals surface area contributed by atoms with Crippen molar-refractivity contribution in [3.05, 3.63) is 23.3 Å². The molecule has 5 aliphatic rings. The van der Waals surface area contributed by atoms with Crippen LogP contribution in [0.4, 0.5) is 0 Å². The van der Waals surface area contributed by atoms with Gasteiger partial charge in [-0.1, -0.05) is 103 Å². The van der Waals surface area contributed by atoms with Gasteiger partial charge >= 0.3 is 0 Å². The maximum Gasteiger partial charge on any atom is 0.172 e. The average Bonchev–Trinajstić information content (AvgIpc) is 2.65. The zero-order chi connectivity index (χ0) is 30.8. The first-order chi connectivity index (χ1) is 17.6. The van der Waals surface area contributed by atoms with Crippen molar-refractivity contribution in [1.29, 1.82) is 0 Å². The minimum Gasteiger partial charge on any atom is -0.343 e. The van der Waals surface area contributed by atoms with Crippen LogP contribution in [-0.2, 0) is 14.2 Å². The van der Waals surface area contributed by atoms with E-state index in [1.807, 2.05) is 0 Å². The Morgan fingerprint density at radius 3 is 1.48 bits per heavy atom. The highest BCUT2D eigenvalue weighted by Gasteiger charge is 2.81. The molecule has 5 rings (SSSR count). The van der Waals surface area contributed by atoms with Crippen LogP contribution in [0.5, 0.6) is 0 Å². The van der Waals surface area contributed by atoms with E-state index in [1.165, 1.54) is 11.1 Å². The zero-order valence-electron chi connectivity index (χ0n) is 28.9. The summed E-state index contributed by atoms with van der Waals surface area (Å²) >= 11 is 0. The van der Waals surface area contributed by atoms with Crippen molar-refractivity contribution in [1.82, 2.24) is 0 Å². The Morgan fingerprint density at radius 2 is 1.12 bits per heavy atom. The van der Waals surface area contributed by atoms with E-state index in [9.17, 15) is 0 Å². The van der Waals surface area contributed by atoms with E-state index < -0.39 is 22.8 Å². The number of hydrogen-bond acceptors (Lipinski definition) is 3. The van der Waals surface area contributed by atoms with E-state index in [0.717, 1.165) is 31.6 Å². The van der Waals surface area contributed by atoms with Gasteiger partial charge in [-0.05, 0) is 78.7 Å². The molecule has 0 N–H and O–H groups in total. The molecule has 0 aromatic heterocycles. The van der Waals surface area contributed by atoms with Crippen LogP contribution in [0.3, 0.4) is 0 Å². The Hall–Kier alpha value is 0.220. The molecule has 0 radical (unpaired) electrons. The van der Waals surface area contributed by atoms with Gasteiger partial charge < -0.3 is 14.2 Å². The van der Waals surface area contributed by atoms with Gasteiger partial charge in [0.2, 0.25) is 0 Å². The lowest BCUT2D eigenvalue weighted by molar-refractivity contribution is -0.550. The third kappa shape index (κ3) is 4.87. The summed E-state index contributed by atoms with van der Waals surface area (Å²) in [6.07, 6.45) is 10.0. The van der Waals surface area contributed by atoms with Crippen LogP contribution in [0.15, 0.2) is 23.3 Å². The summed E-state index contributed by atoms with van der Waals surface area (Å²) in [6.45, 7) is 38.3. The summed E-state index contributed by atoms with van der Waals surface area (Å²) in [6, 6.07) is 0. The predicted molar refractivity (Wildman–Crippen MR) is 177 cm³/mol. The highest BCUT2D eigenvalue weighted by atomic mass is 31.1. The van der Waals surface area contributed by atoms with Crippen LogP contribution in [-0.4, -0.2) is 45.4 Å². The summed E-state index contributed by atoms with van der Waals surface area (Å²) in [7, 11) is 2.83. The second-order valence-corrected chi connectivity index (χ2v) is 22.7. The highest BCUT2D eigenvalue weighted by molar-refractivity contribution is 7.60. The van der Waals surface area contributed by atoms with Crippen molar-refractivity contribution in [2.75, 3.05) is 12.3 Å². The molecule has 4 fully saturated rings.